The number of carbonyl (C=O) groups excluding carboxylic acids is 1. The highest BCUT2D eigenvalue weighted by molar-refractivity contribution is 5.98. The van der Waals surface area contributed by atoms with E-state index in [0.717, 1.165) is 31.6 Å². The molecule has 1 aromatic heterocycles. The van der Waals surface area contributed by atoms with Crippen LogP contribution in [0.1, 0.15) is 42.9 Å². The van der Waals surface area contributed by atoms with E-state index in [2.05, 4.69) is 12.0 Å². The number of anilines is 1. The van der Waals surface area contributed by atoms with E-state index in [1.54, 1.807) is 11.7 Å². The first kappa shape index (κ1) is 12.9. The third-order valence-electron chi connectivity index (χ3n) is 3.64. The molecule has 0 radical (unpaired) electrons. The molecular formula is C13H22N4O. The lowest BCUT2D eigenvalue weighted by molar-refractivity contribution is 0.0673. The summed E-state index contributed by atoms with van der Waals surface area (Å²) in [6.45, 7) is 5.83. The summed E-state index contributed by atoms with van der Waals surface area (Å²) in [6, 6.07) is 0. The van der Waals surface area contributed by atoms with Gasteiger partial charge < -0.3 is 10.6 Å². The Hall–Kier alpha value is -1.52. The Morgan fingerprint density at radius 1 is 1.56 bits per heavy atom. The average molecular weight is 250 g/mol. The van der Waals surface area contributed by atoms with E-state index in [1.807, 2.05) is 11.8 Å². The molecule has 1 aromatic rings. The molecule has 5 heteroatoms. The van der Waals surface area contributed by atoms with Gasteiger partial charge in [0.1, 0.15) is 5.69 Å². The SMILES string of the molecule is CCc1nn(C)c(C(=O)N2CCCC(C)C2)c1N. The van der Waals surface area contributed by atoms with Crippen LogP contribution in [0.25, 0.3) is 0 Å². The third-order valence-corrected chi connectivity index (χ3v) is 3.64. The second kappa shape index (κ2) is 5.00. The van der Waals surface area contributed by atoms with Crippen LogP contribution in [-0.2, 0) is 13.5 Å². The molecule has 1 unspecified atom stereocenters. The maximum atomic E-state index is 12.5. The average Bonchev–Trinajstić information content (AvgIpc) is 2.63. The van der Waals surface area contributed by atoms with Crippen LogP contribution < -0.4 is 5.73 Å². The number of aryl methyl sites for hydroxylation is 2. The van der Waals surface area contributed by atoms with Gasteiger partial charge in [0, 0.05) is 20.1 Å². The predicted octanol–water partition coefficient (Wildman–Crippen LogP) is 1.44. The Morgan fingerprint density at radius 3 is 2.83 bits per heavy atom. The molecule has 0 aromatic carbocycles. The number of rotatable bonds is 2. The lowest BCUT2D eigenvalue weighted by Crippen LogP contribution is -2.40. The highest BCUT2D eigenvalue weighted by Crippen LogP contribution is 2.22. The molecule has 1 atom stereocenters. The third kappa shape index (κ3) is 2.21. The summed E-state index contributed by atoms with van der Waals surface area (Å²) >= 11 is 0. The van der Waals surface area contributed by atoms with Gasteiger partial charge in [0.05, 0.1) is 11.4 Å². The molecule has 2 N–H and O–H groups in total. The van der Waals surface area contributed by atoms with Crippen molar-refractivity contribution in [2.45, 2.75) is 33.1 Å². The summed E-state index contributed by atoms with van der Waals surface area (Å²) in [5.74, 6) is 0.594. The summed E-state index contributed by atoms with van der Waals surface area (Å²) in [6.07, 6.45) is 3.03. The molecule has 0 bridgehead atoms. The highest BCUT2D eigenvalue weighted by Gasteiger charge is 2.27. The second-order valence-corrected chi connectivity index (χ2v) is 5.18. The zero-order valence-corrected chi connectivity index (χ0v) is 11.4. The molecule has 0 aliphatic carbocycles. The van der Waals surface area contributed by atoms with E-state index in [9.17, 15) is 4.79 Å². The van der Waals surface area contributed by atoms with Crippen molar-refractivity contribution in [3.05, 3.63) is 11.4 Å². The van der Waals surface area contributed by atoms with Gasteiger partial charge in [0.25, 0.3) is 5.91 Å². The molecule has 1 amide bonds. The van der Waals surface area contributed by atoms with Gasteiger partial charge in [-0.15, -0.1) is 0 Å². The van der Waals surface area contributed by atoms with E-state index in [4.69, 9.17) is 5.73 Å². The smallest absolute Gasteiger partial charge is 0.274 e. The summed E-state index contributed by atoms with van der Waals surface area (Å²) in [5, 5.41) is 4.31. The second-order valence-electron chi connectivity index (χ2n) is 5.18. The highest BCUT2D eigenvalue weighted by atomic mass is 16.2. The molecule has 18 heavy (non-hydrogen) atoms. The summed E-state index contributed by atoms with van der Waals surface area (Å²) in [7, 11) is 1.79. The van der Waals surface area contributed by atoms with Crippen LogP contribution in [0.5, 0.6) is 0 Å². The van der Waals surface area contributed by atoms with Crippen molar-refractivity contribution in [1.29, 1.82) is 0 Å². The number of nitrogens with two attached hydrogens (primary N) is 1. The summed E-state index contributed by atoms with van der Waals surface area (Å²) in [4.78, 5) is 14.4. The van der Waals surface area contributed by atoms with Gasteiger partial charge in [-0.1, -0.05) is 13.8 Å². The van der Waals surface area contributed by atoms with Crippen molar-refractivity contribution in [2.24, 2.45) is 13.0 Å². The van der Waals surface area contributed by atoms with Crippen LogP contribution in [0.4, 0.5) is 5.69 Å². The molecule has 100 valence electrons. The van der Waals surface area contributed by atoms with Crippen molar-refractivity contribution in [3.63, 3.8) is 0 Å². The first-order chi connectivity index (χ1) is 8.54. The molecule has 2 heterocycles. The zero-order valence-electron chi connectivity index (χ0n) is 11.4. The number of nitrogen functional groups attached to an aromatic ring is 1. The van der Waals surface area contributed by atoms with Gasteiger partial charge >= 0.3 is 0 Å². The molecule has 1 aliphatic rings. The van der Waals surface area contributed by atoms with Crippen LogP contribution in [0, 0.1) is 5.92 Å². The molecule has 1 aliphatic heterocycles. The van der Waals surface area contributed by atoms with Crippen molar-refractivity contribution in [1.82, 2.24) is 14.7 Å². The number of aromatic nitrogens is 2. The van der Waals surface area contributed by atoms with E-state index >= 15 is 0 Å². The molecule has 0 spiro atoms. The number of hydrogen-bond acceptors (Lipinski definition) is 3. The van der Waals surface area contributed by atoms with Gasteiger partial charge in [-0.05, 0) is 25.2 Å². The standard InChI is InChI=1S/C13H22N4O/c1-4-10-11(14)12(16(3)15-10)13(18)17-7-5-6-9(2)8-17/h9H,4-8,14H2,1-3H3. The van der Waals surface area contributed by atoms with E-state index in [-0.39, 0.29) is 5.91 Å². The molecule has 5 nitrogen and oxygen atoms in total. The maximum absolute atomic E-state index is 12.5. The number of amides is 1. The Kier molecular flexibility index (Phi) is 3.59. The molecule has 2 rings (SSSR count). The van der Waals surface area contributed by atoms with Crippen LogP contribution in [0.2, 0.25) is 0 Å². The Balaban J connectivity index is 2.25. The van der Waals surface area contributed by atoms with Crippen molar-refractivity contribution in [3.8, 4) is 0 Å². The largest absolute Gasteiger partial charge is 0.395 e. The van der Waals surface area contributed by atoms with Gasteiger partial charge in [0.2, 0.25) is 0 Å². The zero-order chi connectivity index (χ0) is 13.3. The van der Waals surface area contributed by atoms with Crippen LogP contribution in [0.3, 0.4) is 0 Å². The van der Waals surface area contributed by atoms with Crippen LogP contribution >= 0.6 is 0 Å². The lowest BCUT2D eigenvalue weighted by Gasteiger charge is -2.30. The number of carbonyl (C=O) groups is 1. The fourth-order valence-electron chi connectivity index (χ4n) is 2.63. The Labute approximate surface area is 108 Å². The molecule has 1 fully saturated rings. The fraction of sp³-hybridized carbons (Fsp3) is 0.692. The minimum absolute atomic E-state index is 0.0220. The molecular weight excluding hydrogens is 228 g/mol. The quantitative estimate of drug-likeness (QED) is 0.863. The first-order valence-corrected chi connectivity index (χ1v) is 6.65. The first-order valence-electron chi connectivity index (χ1n) is 6.65. The minimum atomic E-state index is 0.0220. The van der Waals surface area contributed by atoms with Crippen molar-refractivity contribution < 1.29 is 4.79 Å². The number of hydrogen-bond donors (Lipinski definition) is 1. The number of piperidine rings is 1. The summed E-state index contributed by atoms with van der Waals surface area (Å²) < 4.78 is 1.62. The normalized spacial score (nSPS) is 20.2. The van der Waals surface area contributed by atoms with Crippen LogP contribution in [0.15, 0.2) is 0 Å². The monoisotopic (exact) mass is 250 g/mol. The van der Waals surface area contributed by atoms with E-state index < -0.39 is 0 Å². The minimum Gasteiger partial charge on any atom is -0.395 e. The van der Waals surface area contributed by atoms with Crippen LogP contribution in [-0.4, -0.2) is 33.7 Å². The number of likely N-dealkylation sites (tertiary alicyclic amines) is 1. The maximum Gasteiger partial charge on any atom is 0.274 e. The molecule has 1 saturated heterocycles. The van der Waals surface area contributed by atoms with E-state index in [0.29, 0.717) is 17.3 Å². The summed E-state index contributed by atoms with van der Waals surface area (Å²) in [5.41, 5.74) is 7.92. The Morgan fingerprint density at radius 2 is 2.28 bits per heavy atom. The number of nitrogens with zero attached hydrogens (tertiary/aromatic N) is 3. The van der Waals surface area contributed by atoms with Crippen molar-refractivity contribution in [2.75, 3.05) is 18.8 Å². The van der Waals surface area contributed by atoms with E-state index in [1.165, 1.54) is 6.42 Å². The lowest BCUT2D eigenvalue weighted by atomic mass is 10.00. The fourth-order valence-corrected chi connectivity index (χ4v) is 2.63. The van der Waals surface area contributed by atoms with Gasteiger partial charge in [0.15, 0.2) is 0 Å². The van der Waals surface area contributed by atoms with Gasteiger partial charge in [-0.2, -0.15) is 5.10 Å². The van der Waals surface area contributed by atoms with Gasteiger partial charge in [-0.25, -0.2) is 0 Å². The van der Waals surface area contributed by atoms with Gasteiger partial charge in [-0.3, -0.25) is 9.48 Å². The molecule has 0 saturated carbocycles. The topological polar surface area (TPSA) is 64.2 Å². The predicted molar refractivity (Wildman–Crippen MR) is 71.3 cm³/mol. The van der Waals surface area contributed by atoms with Crippen molar-refractivity contribution >= 4 is 11.6 Å². The Bertz CT molecular complexity index is 452.